The van der Waals surface area contributed by atoms with E-state index >= 15 is 0 Å². The van der Waals surface area contributed by atoms with Gasteiger partial charge in [-0.3, -0.25) is 24.2 Å². The quantitative estimate of drug-likeness (QED) is 0.762. The Bertz CT molecular complexity index is 831. The number of fused-ring (bicyclic) bond motifs is 1. The predicted octanol–water partition coefficient (Wildman–Crippen LogP) is 0.684. The molecular weight excluding hydrogens is 348 g/mol. The number of nitrogens with two attached hydrogens (primary N) is 1. The van der Waals surface area contributed by atoms with Gasteiger partial charge in [-0.05, 0) is 24.5 Å². The van der Waals surface area contributed by atoms with Gasteiger partial charge >= 0.3 is 6.03 Å². The number of nitrogens with one attached hydrogen (secondary N) is 1. The molecule has 2 fully saturated rings. The molecule has 0 bridgehead atoms. The maximum atomic E-state index is 13.0. The van der Waals surface area contributed by atoms with Crippen molar-refractivity contribution in [2.45, 2.75) is 50.1 Å². The molecule has 3 N–H and O–H groups in total. The number of carbonyl (C=O) groups is 4. The van der Waals surface area contributed by atoms with Gasteiger partial charge in [0.15, 0.2) is 0 Å². The molecule has 2 aliphatic heterocycles. The van der Waals surface area contributed by atoms with Gasteiger partial charge in [0.25, 0.3) is 5.91 Å². The van der Waals surface area contributed by atoms with E-state index in [2.05, 4.69) is 5.32 Å². The van der Waals surface area contributed by atoms with E-state index in [1.54, 1.807) is 12.1 Å². The van der Waals surface area contributed by atoms with Crippen molar-refractivity contribution in [2.75, 3.05) is 11.4 Å². The van der Waals surface area contributed by atoms with E-state index in [0.717, 1.165) is 29.7 Å². The first-order valence-electron chi connectivity index (χ1n) is 9.26. The van der Waals surface area contributed by atoms with Crippen LogP contribution in [-0.4, -0.2) is 46.8 Å². The van der Waals surface area contributed by atoms with E-state index in [9.17, 15) is 19.2 Å². The maximum absolute atomic E-state index is 13.0. The van der Waals surface area contributed by atoms with Gasteiger partial charge < -0.3 is 11.1 Å². The Hall–Kier alpha value is -2.90. The fourth-order valence-electron chi connectivity index (χ4n) is 4.45. The number of primary amides is 1. The van der Waals surface area contributed by atoms with E-state index in [-0.39, 0.29) is 5.91 Å². The van der Waals surface area contributed by atoms with Crippen LogP contribution in [0.5, 0.6) is 0 Å². The predicted molar refractivity (Wildman–Crippen MR) is 96.7 cm³/mol. The molecule has 8 heteroatoms. The highest BCUT2D eigenvalue weighted by atomic mass is 16.2. The zero-order valence-corrected chi connectivity index (χ0v) is 14.9. The first-order valence-corrected chi connectivity index (χ1v) is 9.26. The summed E-state index contributed by atoms with van der Waals surface area (Å²) in [6.07, 6.45) is 4.31. The van der Waals surface area contributed by atoms with Gasteiger partial charge in [0.2, 0.25) is 11.8 Å². The molecule has 3 aliphatic rings. The fraction of sp³-hybridized carbons (Fsp3) is 0.474. The Labute approximate surface area is 156 Å². The summed E-state index contributed by atoms with van der Waals surface area (Å²) in [5.41, 5.74) is 6.06. The van der Waals surface area contributed by atoms with Crippen LogP contribution in [0.3, 0.4) is 0 Å². The molecule has 1 atom stereocenters. The Morgan fingerprint density at radius 3 is 2.56 bits per heavy atom. The summed E-state index contributed by atoms with van der Waals surface area (Å²) in [7, 11) is 0. The lowest BCUT2D eigenvalue weighted by atomic mass is 9.82. The van der Waals surface area contributed by atoms with Gasteiger partial charge in [-0.25, -0.2) is 4.79 Å². The average molecular weight is 370 g/mol. The topological polar surface area (TPSA) is 113 Å². The average Bonchev–Trinajstić information content (AvgIpc) is 3.14. The van der Waals surface area contributed by atoms with Gasteiger partial charge in [0.1, 0.15) is 18.1 Å². The van der Waals surface area contributed by atoms with Gasteiger partial charge in [-0.2, -0.15) is 0 Å². The Morgan fingerprint density at radius 2 is 1.85 bits per heavy atom. The number of para-hydroxylation sites is 1. The van der Waals surface area contributed by atoms with Crippen LogP contribution in [0.2, 0.25) is 0 Å². The van der Waals surface area contributed by atoms with Gasteiger partial charge in [0, 0.05) is 12.1 Å². The molecule has 8 nitrogen and oxygen atoms in total. The van der Waals surface area contributed by atoms with Crippen molar-refractivity contribution in [1.29, 1.82) is 0 Å². The number of anilines is 1. The van der Waals surface area contributed by atoms with Crippen LogP contribution < -0.4 is 16.0 Å². The lowest BCUT2D eigenvalue weighted by molar-refractivity contribution is -0.135. The van der Waals surface area contributed by atoms with Crippen LogP contribution >= 0.6 is 0 Å². The number of hydrogen-bond donors (Lipinski definition) is 2. The highest BCUT2D eigenvalue weighted by molar-refractivity contribution is 6.12. The number of amides is 5. The number of urea groups is 1. The lowest BCUT2D eigenvalue weighted by Gasteiger charge is -2.30. The minimum absolute atomic E-state index is 0.335. The zero-order chi connectivity index (χ0) is 19.2. The highest BCUT2D eigenvalue weighted by Crippen LogP contribution is 2.35. The van der Waals surface area contributed by atoms with E-state index in [0.29, 0.717) is 24.9 Å². The van der Waals surface area contributed by atoms with Gasteiger partial charge in [-0.15, -0.1) is 0 Å². The minimum atomic E-state index is -0.873. The van der Waals surface area contributed by atoms with Crippen LogP contribution in [0.1, 0.15) is 37.7 Å². The molecular formula is C19H22N4O4. The molecule has 0 unspecified atom stereocenters. The third-order valence-electron chi connectivity index (χ3n) is 5.82. The molecule has 142 valence electrons. The summed E-state index contributed by atoms with van der Waals surface area (Å²) in [4.78, 5) is 52.4. The summed E-state index contributed by atoms with van der Waals surface area (Å²) in [6, 6.07) is 5.83. The smallest absolute Gasteiger partial charge is 0.325 e. The second-order valence-corrected chi connectivity index (χ2v) is 7.48. The second kappa shape index (κ2) is 6.37. The van der Waals surface area contributed by atoms with E-state index in [4.69, 9.17) is 5.73 Å². The van der Waals surface area contributed by atoms with Crippen molar-refractivity contribution in [1.82, 2.24) is 10.2 Å². The van der Waals surface area contributed by atoms with Crippen molar-refractivity contribution in [3.63, 3.8) is 0 Å². The molecule has 1 aromatic carbocycles. The van der Waals surface area contributed by atoms with Crippen LogP contribution in [0.15, 0.2) is 24.3 Å². The molecule has 2 heterocycles. The molecule has 4 rings (SSSR count). The fourth-order valence-corrected chi connectivity index (χ4v) is 4.45. The van der Waals surface area contributed by atoms with Crippen molar-refractivity contribution in [2.24, 2.45) is 5.73 Å². The number of benzene rings is 1. The highest BCUT2D eigenvalue weighted by Gasteiger charge is 2.52. The number of nitrogens with zero attached hydrogens (tertiary/aromatic N) is 2. The third kappa shape index (κ3) is 2.75. The zero-order valence-electron chi connectivity index (χ0n) is 14.9. The normalized spacial score (nSPS) is 23.5. The summed E-state index contributed by atoms with van der Waals surface area (Å²) in [6.45, 7) is -0.398. The third-order valence-corrected chi connectivity index (χ3v) is 5.82. The number of hydrogen-bond acceptors (Lipinski definition) is 4. The van der Waals surface area contributed by atoms with Crippen LogP contribution in [0.4, 0.5) is 10.5 Å². The van der Waals surface area contributed by atoms with Gasteiger partial charge in [-0.1, -0.05) is 37.5 Å². The summed E-state index contributed by atoms with van der Waals surface area (Å²) >= 11 is 0. The van der Waals surface area contributed by atoms with E-state index < -0.39 is 36.0 Å². The largest absolute Gasteiger partial charge is 0.368 e. The molecule has 1 spiro atoms. The Balaban J connectivity index is 1.57. The van der Waals surface area contributed by atoms with Crippen molar-refractivity contribution < 1.29 is 19.2 Å². The van der Waals surface area contributed by atoms with Crippen LogP contribution in [0.25, 0.3) is 0 Å². The number of imide groups is 1. The molecule has 1 aromatic rings. The second-order valence-electron chi connectivity index (χ2n) is 7.48. The minimum Gasteiger partial charge on any atom is -0.368 e. The SMILES string of the molecule is NC(=O)[C@@H]1Cc2ccccc2N1C(=O)CN1C(=O)NC2(CCCCC2)C1=O. The standard InChI is InChI=1S/C19H22N4O4/c20-16(25)14-10-12-6-2-3-7-13(12)23(14)15(24)11-22-17(26)19(21-18(22)27)8-4-1-5-9-19/h2-3,6-7,14H,1,4-5,8-11H2,(H2,20,25)(H,21,27)/t14-/m0/s1. The molecule has 0 aromatic heterocycles. The monoisotopic (exact) mass is 370 g/mol. The Morgan fingerprint density at radius 1 is 1.15 bits per heavy atom. The molecule has 0 radical (unpaired) electrons. The van der Waals surface area contributed by atoms with Gasteiger partial charge in [0.05, 0.1) is 0 Å². The van der Waals surface area contributed by atoms with Crippen LogP contribution in [0, 0.1) is 0 Å². The van der Waals surface area contributed by atoms with Crippen molar-refractivity contribution in [3.8, 4) is 0 Å². The first kappa shape index (κ1) is 17.5. The molecule has 27 heavy (non-hydrogen) atoms. The number of rotatable bonds is 3. The summed E-state index contributed by atoms with van der Waals surface area (Å²) in [5.74, 6) is -1.44. The molecule has 1 saturated heterocycles. The Kier molecular flexibility index (Phi) is 4.13. The number of carbonyl (C=O) groups excluding carboxylic acids is 4. The lowest BCUT2D eigenvalue weighted by Crippen LogP contribution is -2.51. The summed E-state index contributed by atoms with van der Waals surface area (Å²) in [5, 5.41) is 2.79. The molecule has 1 saturated carbocycles. The molecule has 1 aliphatic carbocycles. The summed E-state index contributed by atoms with van der Waals surface area (Å²) < 4.78 is 0. The van der Waals surface area contributed by atoms with E-state index in [1.165, 1.54) is 4.90 Å². The van der Waals surface area contributed by atoms with Crippen molar-refractivity contribution >= 4 is 29.4 Å². The maximum Gasteiger partial charge on any atom is 0.325 e. The first-order chi connectivity index (χ1) is 12.9. The van der Waals surface area contributed by atoms with Crippen molar-refractivity contribution in [3.05, 3.63) is 29.8 Å². The van der Waals surface area contributed by atoms with Crippen LogP contribution in [-0.2, 0) is 20.8 Å². The van der Waals surface area contributed by atoms with E-state index in [1.807, 2.05) is 12.1 Å². The molecule has 5 amide bonds.